The Hall–Kier alpha value is -1.75. The van der Waals surface area contributed by atoms with Crippen molar-refractivity contribution in [2.75, 3.05) is 6.61 Å². The van der Waals surface area contributed by atoms with Crippen LogP contribution in [-0.2, 0) is 14.4 Å². The molecule has 0 saturated carbocycles. The molecular weight excluding hydrogens is 356 g/mol. The molecular formula is C17H34N4O6. The number of hydrogen-bond donors (Lipinski definition) is 7. The third-order valence-corrected chi connectivity index (χ3v) is 4.28. The van der Waals surface area contributed by atoms with E-state index in [0.29, 0.717) is 6.42 Å². The van der Waals surface area contributed by atoms with Crippen LogP contribution in [0.2, 0.25) is 0 Å². The fourth-order valence-electron chi connectivity index (χ4n) is 2.38. The number of carbonyl (C=O) groups excluding carboxylic acids is 3. The standard InChI is InChI=1S/C17H34N4O6/c1-9(2)7-13(21-12(5)23)15(25)19-10(3)14(24)20-11(4)17(26,27)16(6,18)8-22/h9-11,13,22,26-27H,7-8,18H2,1-6H3,(H,19,25)(H,20,24)(H,21,23)/t10-,11-,13-,16-/m0/s1. The van der Waals surface area contributed by atoms with Gasteiger partial charge < -0.3 is 37.0 Å². The summed E-state index contributed by atoms with van der Waals surface area (Å²) in [5.41, 5.74) is 3.87. The topological polar surface area (TPSA) is 174 Å². The Labute approximate surface area is 159 Å². The van der Waals surface area contributed by atoms with Gasteiger partial charge in [0.1, 0.15) is 12.1 Å². The molecule has 8 N–H and O–H groups in total. The molecule has 0 rings (SSSR count). The maximum atomic E-state index is 12.4. The second-order valence-electron chi connectivity index (χ2n) is 7.64. The van der Waals surface area contributed by atoms with Crippen molar-refractivity contribution in [2.24, 2.45) is 11.7 Å². The summed E-state index contributed by atoms with van der Waals surface area (Å²) in [6.07, 6.45) is 0.397. The molecule has 10 heteroatoms. The molecule has 0 spiro atoms. The third kappa shape index (κ3) is 7.41. The Morgan fingerprint density at radius 1 is 1.00 bits per heavy atom. The number of hydrogen-bond acceptors (Lipinski definition) is 7. The molecule has 10 nitrogen and oxygen atoms in total. The highest BCUT2D eigenvalue weighted by molar-refractivity contribution is 5.91. The lowest BCUT2D eigenvalue weighted by atomic mass is 9.87. The summed E-state index contributed by atoms with van der Waals surface area (Å²) in [6, 6.07) is -3.02. The van der Waals surface area contributed by atoms with Crippen LogP contribution in [0.1, 0.15) is 48.0 Å². The van der Waals surface area contributed by atoms with Crippen molar-refractivity contribution in [3.63, 3.8) is 0 Å². The van der Waals surface area contributed by atoms with Gasteiger partial charge in [0.2, 0.25) is 23.5 Å². The molecule has 0 saturated heterocycles. The zero-order chi connectivity index (χ0) is 21.6. The Morgan fingerprint density at radius 2 is 1.52 bits per heavy atom. The van der Waals surface area contributed by atoms with Crippen LogP contribution in [-0.4, -0.2) is 69.1 Å². The summed E-state index contributed by atoms with van der Waals surface area (Å²) >= 11 is 0. The second kappa shape index (κ2) is 9.98. The van der Waals surface area contributed by atoms with Gasteiger partial charge in [-0.1, -0.05) is 13.8 Å². The van der Waals surface area contributed by atoms with E-state index in [1.807, 2.05) is 13.8 Å². The second-order valence-corrected chi connectivity index (χ2v) is 7.64. The van der Waals surface area contributed by atoms with Crippen LogP contribution in [0.25, 0.3) is 0 Å². The molecule has 3 amide bonds. The molecule has 4 atom stereocenters. The molecule has 0 aliphatic rings. The third-order valence-electron chi connectivity index (χ3n) is 4.28. The number of nitrogens with two attached hydrogens (primary N) is 1. The van der Waals surface area contributed by atoms with E-state index in [2.05, 4.69) is 16.0 Å². The van der Waals surface area contributed by atoms with Gasteiger partial charge in [-0.3, -0.25) is 14.4 Å². The predicted molar refractivity (Wildman–Crippen MR) is 99.1 cm³/mol. The summed E-state index contributed by atoms with van der Waals surface area (Å²) in [5, 5.41) is 36.8. The summed E-state index contributed by atoms with van der Waals surface area (Å²) in [7, 11) is 0. The highest BCUT2D eigenvalue weighted by Gasteiger charge is 2.47. The highest BCUT2D eigenvalue weighted by Crippen LogP contribution is 2.20. The number of rotatable bonds is 10. The van der Waals surface area contributed by atoms with Crippen LogP contribution >= 0.6 is 0 Å². The molecule has 0 radical (unpaired) electrons. The van der Waals surface area contributed by atoms with Gasteiger partial charge in [0.25, 0.3) is 0 Å². The summed E-state index contributed by atoms with van der Waals surface area (Å²) in [4.78, 5) is 35.9. The first-order chi connectivity index (χ1) is 12.2. The van der Waals surface area contributed by atoms with Crippen LogP contribution in [0.15, 0.2) is 0 Å². The van der Waals surface area contributed by atoms with Crippen molar-refractivity contribution in [3.05, 3.63) is 0 Å². The van der Waals surface area contributed by atoms with E-state index in [1.54, 1.807) is 0 Å². The van der Waals surface area contributed by atoms with Gasteiger partial charge in [-0.05, 0) is 33.1 Å². The van der Waals surface area contributed by atoms with Crippen molar-refractivity contribution in [1.82, 2.24) is 16.0 Å². The SMILES string of the molecule is CC(=O)N[C@@H](CC(C)C)C(=O)N[C@@H](C)C(=O)N[C@@H](C)C(O)(O)[C@@](C)(N)CO. The number of nitrogens with one attached hydrogen (secondary N) is 3. The average molecular weight is 390 g/mol. The number of aliphatic hydroxyl groups is 3. The van der Waals surface area contributed by atoms with Gasteiger partial charge in [-0.25, -0.2) is 0 Å². The number of carbonyl (C=O) groups is 3. The Kier molecular flexibility index (Phi) is 9.33. The van der Waals surface area contributed by atoms with Crippen molar-refractivity contribution >= 4 is 17.7 Å². The minimum atomic E-state index is -2.59. The minimum absolute atomic E-state index is 0.141. The smallest absolute Gasteiger partial charge is 0.243 e. The monoisotopic (exact) mass is 390 g/mol. The van der Waals surface area contributed by atoms with Crippen LogP contribution in [0, 0.1) is 5.92 Å². The molecule has 0 aliphatic heterocycles. The number of aliphatic hydroxyl groups excluding tert-OH is 1. The van der Waals surface area contributed by atoms with E-state index in [-0.39, 0.29) is 11.8 Å². The van der Waals surface area contributed by atoms with E-state index >= 15 is 0 Å². The van der Waals surface area contributed by atoms with Gasteiger partial charge in [0, 0.05) is 6.92 Å². The van der Waals surface area contributed by atoms with E-state index in [1.165, 1.54) is 27.7 Å². The molecule has 0 fully saturated rings. The van der Waals surface area contributed by atoms with Gasteiger partial charge >= 0.3 is 0 Å². The zero-order valence-corrected chi connectivity index (χ0v) is 16.9. The van der Waals surface area contributed by atoms with Crippen LogP contribution < -0.4 is 21.7 Å². The van der Waals surface area contributed by atoms with E-state index in [9.17, 15) is 29.7 Å². The fourth-order valence-corrected chi connectivity index (χ4v) is 2.38. The lowest BCUT2D eigenvalue weighted by molar-refractivity contribution is -0.229. The number of amides is 3. The molecule has 0 aromatic carbocycles. The van der Waals surface area contributed by atoms with E-state index in [4.69, 9.17) is 5.73 Å². The normalized spacial score (nSPS) is 17.4. The van der Waals surface area contributed by atoms with Crippen LogP contribution in [0.4, 0.5) is 0 Å². The molecule has 158 valence electrons. The van der Waals surface area contributed by atoms with Crippen molar-refractivity contribution in [3.8, 4) is 0 Å². The fraction of sp³-hybridized carbons (Fsp3) is 0.824. The molecule has 0 unspecified atom stereocenters. The minimum Gasteiger partial charge on any atom is -0.394 e. The zero-order valence-electron chi connectivity index (χ0n) is 16.9. The molecule has 0 aromatic rings. The average Bonchev–Trinajstić information content (AvgIpc) is 2.52. The lowest BCUT2D eigenvalue weighted by Gasteiger charge is -2.41. The van der Waals surface area contributed by atoms with E-state index < -0.39 is 47.9 Å². The maximum absolute atomic E-state index is 12.4. The Balaban J connectivity index is 4.98. The first-order valence-corrected chi connectivity index (χ1v) is 8.88. The highest BCUT2D eigenvalue weighted by atomic mass is 16.5. The largest absolute Gasteiger partial charge is 0.394 e. The quantitative estimate of drug-likeness (QED) is 0.210. The Bertz CT molecular complexity index is 536. The summed E-state index contributed by atoms with van der Waals surface area (Å²) in [6.45, 7) is 8.33. The van der Waals surface area contributed by atoms with Gasteiger partial charge in [0.15, 0.2) is 0 Å². The summed E-state index contributed by atoms with van der Waals surface area (Å²) in [5.74, 6) is -4.01. The predicted octanol–water partition coefficient (Wildman–Crippen LogP) is -2.06. The molecule has 0 bridgehead atoms. The van der Waals surface area contributed by atoms with Gasteiger partial charge in [0.05, 0.1) is 18.2 Å². The molecule has 27 heavy (non-hydrogen) atoms. The van der Waals surface area contributed by atoms with Crippen molar-refractivity contribution in [2.45, 2.75) is 77.4 Å². The lowest BCUT2D eigenvalue weighted by Crippen LogP contribution is -2.70. The molecule has 0 aliphatic carbocycles. The van der Waals surface area contributed by atoms with E-state index in [0.717, 1.165) is 0 Å². The Morgan fingerprint density at radius 3 is 1.93 bits per heavy atom. The summed E-state index contributed by atoms with van der Waals surface area (Å²) < 4.78 is 0. The molecule has 0 aromatic heterocycles. The first kappa shape index (κ1) is 25.2. The van der Waals surface area contributed by atoms with Crippen molar-refractivity contribution < 1.29 is 29.7 Å². The molecule has 0 heterocycles. The van der Waals surface area contributed by atoms with Crippen LogP contribution in [0.5, 0.6) is 0 Å². The first-order valence-electron chi connectivity index (χ1n) is 8.88. The van der Waals surface area contributed by atoms with Crippen molar-refractivity contribution in [1.29, 1.82) is 0 Å². The maximum Gasteiger partial charge on any atom is 0.243 e. The van der Waals surface area contributed by atoms with Gasteiger partial charge in [-0.2, -0.15) is 0 Å². The van der Waals surface area contributed by atoms with Gasteiger partial charge in [-0.15, -0.1) is 0 Å². The van der Waals surface area contributed by atoms with Crippen LogP contribution in [0.3, 0.4) is 0 Å².